The Morgan fingerprint density at radius 1 is 1.12 bits per heavy atom. The van der Waals surface area contributed by atoms with Gasteiger partial charge in [0.15, 0.2) is 0 Å². The molecule has 0 aliphatic heterocycles. The maximum atomic E-state index is 12.2. The van der Waals surface area contributed by atoms with Gasteiger partial charge in [0, 0.05) is 24.5 Å². The molecule has 0 radical (unpaired) electrons. The Bertz CT molecular complexity index is 305. The zero-order valence-corrected chi connectivity index (χ0v) is 13.7. The summed E-state index contributed by atoms with van der Waals surface area (Å²) >= 11 is 9.40. The van der Waals surface area contributed by atoms with E-state index in [0.29, 0.717) is 4.20 Å². The van der Waals surface area contributed by atoms with Crippen LogP contribution in [0.15, 0.2) is 10.3 Å². The second kappa shape index (κ2) is 8.55. The largest absolute Gasteiger partial charge is 0.342 e. The van der Waals surface area contributed by atoms with Gasteiger partial charge in [-0.3, -0.25) is 4.79 Å². The predicted octanol–water partition coefficient (Wildman–Crippen LogP) is 2.80. The molecule has 0 aromatic carbocycles. The Morgan fingerprint density at radius 3 is 1.88 bits per heavy atom. The summed E-state index contributed by atoms with van der Waals surface area (Å²) < 4.78 is 11.6. The number of thioether (sulfide) groups is 3. The van der Waals surface area contributed by atoms with Gasteiger partial charge in [-0.15, -0.1) is 35.3 Å². The molecule has 0 amide bonds. The van der Waals surface area contributed by atoms with Crippen molar-refractivity contribution in [2.75, 3.05) is 33.0 Å². The molecule has 17 heavy (non-hydrogen) atoms. The number of carbonyl (C=O) groups is 1. The van der Waals surface area contributed by atoms with Crippen molar-refractivity contribution >= 4 is 57.5 Å². The minimum absolute atomic E-state index is 0.291. The van der Waals surface area contributed by atoms with Gasteiger partial charge in [0.05, 0.1) is 0 Å². The molecule has 0 saturated heterocycles. The fraction of sp³-hybridized carbons (Fsp3) is 0.600. The maximum Gasteiger partial charge on any atom is 0.276 e. The summed E-state index contributed by atoms with van der Waals surface area (Å²) in [6.07, 6.45) is 7.11. The summed E-state index contributed by atoms with van der Waals surface area (Å²) in [7, 11) is 2.82. The number of hydrogen-bond acceptors (Lipinski definition) is 7. The average molecular weight is 313 g/mol. The van der Waals surface area contributed by atoms with Crippen molar-refractivity contribution in [1.29, 1.82) is 0 Å². The van der Waals surface area contributed by atoms with Gasteiger partial charge < -0.3 is 9.47 Å². The second-order valence-corrected chi connectivity index (χ2v) is 6.19. The first-order valence-corrected chi connectivity index (χ1v) is 8.63. The fourth-order valence-electron chi connectivity index (χ4n) is 1.09. The van der Waals surface area contributed by atoms with Crippen LogP contribution in [-0.2, 0) is 14.3 Å². The third-order valence-electron chi connectivity index (χ3n) is 2.00. The van der Waals surface area contributed by atoms with Crippen LogP contribution in [0, 0.1) is 0 Å². The highest BCUT2D eigenvalue weighted by molar-refractivity contribution is 8.23. The van der Waals surface area contributed by atoms with E-state index < -0.39 is 5.79 Å². The quantitative estimate of drug-likeness (QED) is 0.406. The zero-order valence-electron chi connectivity index (χ0n) is 10.4. The third-order valence-corrected chi connectivity index (χ3v) is 5.45. The lowest BCUT2D eigenvalue weighted by Gasteiger charge is -2.27. The molecule has 0 aromatic rings. The Hall–Kier alpha value is 0.470. The average Bonchev–Trinajstić information content (AvgIpc) is 2.37. The topological polar surface area (TPSA) is 35.5 Å². The van der Waals surface area contributed by atoms with Crippen molar-refractivity contribution in [3.05, 3.63) is 10.3 Å². The molecule has 7 heteroatoms. The number of ether oxygens (including phenoxy) is 2. The first-order valence-electron chi connectivity index (χ1n) is 4.55. The highest BCUT2D eigenvalue weighted by Crippen LogP contribution is 2.28. The minimum Gasteiger partial charge on any atom is -0.342 e. The summed E-state index contributed by atoms with van der Waals surface area (Å²) in [5.41, 5.74) is 0. The number of thiocarbonyl (C=S) groups is 1. The number of methoxy groups -OCH3 is 2. The standard InChI is InChI=1S/C10H16O3S4/c1-12-10(13-2,9(14)17-5)7(11)6-8(15-3)16-4/h6H,1-5H3. The van der Waals surface area contributed by atoms with Crippen LogP contribution >= 0.6 is 47.5 Å². The summed E-state index contributed by atoms with van der Waals surface area (Å²) in [5, 5.41) is 0. The molecule has 0 atom stereocenters. The van der Waals surface area contributed by atoms with Crippen LogP contribution in [-0.4, -0.2) is 48.8 Å². The van der Waals surface area contributed by atoms with E-state index in [-0.39, 0.29) is 5.78 Å². The van der Waals surface area contributed by atoms with Crippen LogP contribution < -0.4 is 0 Å². The van der Waals surface area contributed by atoms with E-state index in [1.165, 1.54) is 55.6 Å². The molecule has 98 valence electrons. The first kappa shape index (κ1) is 17.5. The molecule has 0 N–H and O–H groups in total. The van der Waals surface area contributed by atoms with Gasteiger partial charge in [0.25, 0.3) is 5.79 Å². The molecule has 0 rings (SSSR count). The minimum atomic E-state index is -1.47. The lowest BCUT2D eigenvalue weighted by molar-refractivity contribution is -0.170. The molecular weight excluding hydrogens is 296 g/mol. The Labute approximate surface area is 120 Å². The number of hydrogen-bond donors (Lipinski definition) is 0. The number of ketones is 1. The van der Waals surface area contributed by atoms with Crippen molar-refractivity contribution in [2.24, 2.45) is 0 Å². The summed E-state index contributed by atoms with van der Waals surface area (Å²) in [5.74, 6) is -1.76. The number of rotatable bonds is 7. The molecule has 0 heterocycles. The highest BCUT2D eigenvalue weighted by atomic mass is 32.2. The summed E-state index contributed by atoms with van der Waals surface area (Å²) in [4.78, 5) is 12.2. The van der Waals surface area contributed by atoms with Crippen molar-refractivity contribution in [3.63, 3.8) is 0 Å². The SMILES string of the molecule is COC(OC)(C(=O)C=C(SC)SC)C(=S)SC. The van der Waals surface area contributed by atoms with E-state index in [1.807, 2.05) is 12.5 Å². The smallest absolute Gasteiger partial charge is 0.276 e. The molecule has 0 saturated carbocycles. The van der Waals surface area contributed by atoms with Crippen LogP contribution in [0.25, 0.3) is 0 Å². The Morgan fingerprint density at radius 2 is 1.59 bits per heavy atom. The van der Waals surface area contributed by atoms with Crippen molar-refractivity contribution < 1.29 is 14.3 Å². The van der Waals surface area contributed by atoms with Gasteiger partial charge in [0.1, 0.15) is 4.20 Å². The van der Waals surface area contributed by atoms with Crippen molar-refractivity contribution in [3.8, 4) is 0 Å². The van der Waals surface area contributed by atoms with E-state index in [4.69, 9.17) is 21.7 Å². The van der Waals surface area contributed by atoms with Gasteiger partial charge in [-0.25, -0.2) is 0 Å². The van der Waals surface area contributed by atoms with Crippen LogP contribution in [0.2, 0.25) is 0 Å². The fourth-order valence-corrected chi connectivity index (χ4v) is 3.01. The van der Waals surface area contributed by atoms with Crippen LogP contribution in [0.3, 0.4) is 0 Å². The van der Waals surface area contributed by atoms with E-state index in [1.54, 1.807) is 6.26 Å². The molecule has 0 fully saturated rings. The van der Waals surface area contributed by atoms with Gasteiger partial charge in [-0.1, -0.05) is 12.2 Å². The van der Waals surface area contributed by atoms with Crippen LogP contribution in [0.1, 0.15) is 0 Å². The highest BCUT2D eigenvalue weighted by Gasteiger charge is 2.42. The summed E-state index contributed by atoms with van der Waals surface area (Å²) in [6.45, 7) is 0. The van der Waals surface area contributed by atoms with E-state index in [0.717, 1.165) is 4.24 Å². The lowest BCUT2D eigenvalue weighted by atomic mass is 10.2. The maximum absolute atomic E-state index is 12.2. The van der Waals surface area contributed by atoms with Gasteiger partial charge in [-0.05, 0) is 18.8 Å². The molecule has 0 aromatic heterocycles. The number of carbonyl (C=O) groups excluding carboxylic acids is 1. The van der Waals surface area contributed by atoms with Crippen molar-refractivity contribution in [2.45, 2.75) is 5.79 Å². The molecule has 0 bridgehead atoms. The first-order chi connectivity index (χ1) is 8.02. The normalized spacial score (nSPS) is 11.1. The van der Waals surface area contributed by atoms with Crippen LogP contribution in [0.5, 0.6) is 0 Å². The lowest BCUT2D eigenvalue weighted by Crippen LogP contribution is -2.47. The van der Waals surface area contributed by atoms with Crippen molar-refractivity contribution in [1.82, 2.24) is 0 Å². The van der Waals surface area contributed by atoms with E-state index in [2.05, 4.69) is 0 Å². The monoisotopic (exact) mass is 312 g/mol. The summed E-state index contributed by atoms with van der Waals surface area (Å²) in [6, 6.07) is 0. The Kier molecular flexibility index (Phi) is 8.79. The molecule has 0 aliphatic rings. The van der Waals surface area contributed by atoms with Crippen LogP contribution in [0.4, 0.5) is 0 Å². The van der Waals surface area contributed by atoms with E-state index >= 15 is 0 Å². The second-order valence-electron chi connectivity index (χ2n) is 2.75. The van der Waals surface area contributed by atoms with E-state index in [9.17, 15) is 4.79 Å². The molecule has 3 nitrogen and oxygen atoms in total. The Balaban J connectivity index is 5.27. The molecular formula is C10H16O3S4. The van der Waals surface area contributed by atoms with Gasteiger partial charge in [-0.2, -0.15) is 0 Å². The molecule has 0 unspecified atom stereocenters. The van der Waals surface area contributed by atoms with Gasteiger partial charge >= 0.3 is 0 Å². The molecule has 0 spiro atoms. The zero-order chi connectivity index (χ0) is 13.5. The third kappa shape index (κ3) is 4.25. The van der Waals surface area contributed by atoms with Gasteiger partial charge in [0.2, 0.25) is 5.78 Å². The predicted molar refractivity (Wildman–Crippen MR) is 83.0 cm³/mol. The molecule has 0 aliphatic carbocycles.